The van der Waals surface area contributed by atoms with Gasteiger partial charge in [0.05, 0.1) is 0 Å². The van der Waals surface area contributed by atoms with Crippen molar-refractivity contribution in [2.24, 2.45) is 0 Å². The Morgan fingerprint density at radius 1 is 1.40 bits per heavy atom. The third-order valence-electron chi connectivity index (χ3n) is 2.28. The lowest BCUT2D eigenvalue weighted by Gasteiger charge is -2.16. The van der Waals surface area contributed by atoms with Gasteiger partial charge in [-0.2, -0.15) is 5.26 Å². The first-order valence-corrected chi connectivity index (χ1v) is 5.29. The van der Waals surface area contributed by atoms with Gasteiger partial charge in [-0.1, -0.05) is 13.8 Å². The van der Waals surface area contributed by atoms with Gasteiger partial charge in [0.25, 0.3) is 0 Å². The van der Waals surface area contributed by atoms with Crippen molar-refractivity contribution in [3.8, 4) is 6.07 Å². The number of nitriles is 1. The van der Waals surface area contributed by atoms with Crippen molar-refractivity contribution in [3.05, 3.63) is 11.6 Å². The highest BCUT2D eigenvalue weighted by molar-refractivity contribution is 5.47. The van der Waals surface area contributed by atoms with Gasteiger partial charge in [-0.3, -0.25) is 0 Å². The second kappa shape index (κ2) is 4.83. The van der Waals surface area contributed by atoms with Crippen LogP contribution < -0.4 is 4.90 Å². The predicted molar refractivity (Wildman–Crippen MR) is 58.9 cm³/mol. The van der Waals surface area contributed by atoms with E-state index in [0.717, 1.165) is 13.1 Å². The summed E-state index contributed by atoms with van der Waals surface area (Å²) in [5, 5.41) is 8.95. The van der Waals surface area contributed by atoms with E-state index in [4.69, 9.17) is 9.68 Å². The average Bonchev–Trinajstić information content (AvgIpc) is 2.64. The molecule has 0 bridgehead atoms. The SMILES string of the molecule is CCN(CC)c1oc(C(C)C)nc1C#N. The van der Waals surface area contributed by atoms with E-state index in [2.05, 4.69) is 11.1 Å². The van der Waals surface area contributed by atoms with Crippen molar-refractivity contribution in [3.63, 3.8) is 0 Å². The molecule has 0 aliphatic heterocycles. The molecule has 1 aromatic heterocycles. The first-order chi connectivity index (χ1) is 7.13. The van der Waals surface area contributed by atoms with Crippen molar-refractivity contribution >= 4 is 5.88 Å². The van der Waals surface area contributed by atoms with Crippen LogP contribution in [0.5, 0.6) is 0 Å². The smallest absolute Gasteiger partial charge is 0.234 e. The molecule has 0 spiro atoms. The molecule has 0 aromatic carbocycles. The Morgan fingerprint density at radius 2 is 2.00 bits per heavy atom. The van der Waals surface area contributed by atoms with E-state index < -0.39 is 0 Å². The lowest BCUT2D eigenvalue weighted by atomic mass is 10.2. The molecule has 0 saturated carbocycles. The summed E-state index contributed by atoms with van der Waals surface area (Å²) in [5.41, 5.74) is 0.391. The molecule has 1 rings (SSSR count). The summed E-state index contributed by atoms with van der Waals surface area (Å²) in [6.45, 7) is 9.69. The number of aromatic nitrogens is 1. The molecule has 1 aromatic rings. The second-order valence-electron chi connectivity index (χ2n) is 3.64. The Balaban J connectivity index is 3.11. The van der Waals surface area contributed by atoms with Crippen molar-refractivity contribution in [2.45, 2.75) is 33.6 Å². The molecule has 82 valence electrons. The molecule has 0 aliphatic carbocycles. The summed E-state index contributed by atoms with van der Waals surface area (Å²) in [6.07, 6.45) is 0. The monoisotopic (exact) mass is 207 g/mol. The summed E-state index contributed by atoms with van der Waals surface area (Å²) in [5.74, 6) is 1.45. The van der Waals surface area contributed by atoms with Crippen LogP contribution in [0, 0.1) is 11.3 Å². The van der Waals surface area contributed by atoms with Gasteiger partial charge in [0.2, 0.25) is 17.5 Å². The van der Waals surface area contributed by atoms with E-state index in [-0.39, 0.29) is 5.92 Å². The standard InChI is InChI=1S/C11H17N3O/c1-5-14(6-2)11-9(7-12)13-10(15-11)8(3)4/h8H,5-6H2,1-4H3. The third kappa shape index (κ3) is 2.30. The van der Waals surface area contributed by atoms with E-state index in [1.54, 1.807) is 0 Å². The highest BCUT2D eigenvalue weighted by atomic mass is 16.4. The number of oxazole rings is 1. The van der Waals surface area contributed by atoms with Crippen LogP contribution in [0.15, 0.2) is 4.42 Å². The van der Waals surface area contributed by atoms with Crippen LogP contribution in [0.25, 0.3) is 0 Å². The van der Waals surface area contributed by atoms with Gasteiger partial charge in [0.15, 0.2) is 0 Å². The normalized spacial score (nSPS) is 10.4. The van der Waals surface area contributed by atoms with Crippen molar-refractivity contribution in [2.75, 3.05) is 18.0 Å². The molecule has 0 saturated heterocycles. The third-order valence-corrected chi connectivity index (χ3v) is 2.28. The zero-order valence-electron chi connectivity index (χ0n) is 9.74. The van der Waals surface area contributed by atoms with Gasteiger partial charge < -0.3 is 9.32 Å². The summed E-state index contributed by atoms with van der Waals surface area (Å²) in [6, 6.07) is 2.07. The van der Waals surface area contributed by atoms with Gasteiger partial charge >= 0.3 is 0 Å². The minimum absolute atomic E-state index is 0.210. The first kappa shape index (κ1) is 11.6. The number of hydrogen-bond donors (Lipinski definition) is 0. The van der Waals surface area contributed by atoms with Crippen LogP contribution in [-0.2, 0) is 0 Å². The van der Waals surface area contributed by atoms with Crippen molar-refractivity contribution in [1.29, 1.82) is 5.26 Å². The molecule has 15 heavy (non-hydrogen) atoms. The predicted octanol–water partition coefficient (Wildman–Crippen LogP) is 2.52. The Labute approximate surface area is 90.5 Å². The number of nitrogens with zero attached hydrogens (tertiary/aromatic N) is 3. The average molecular weight is 207 g/mol. The van der Waals surface area contributed by atoms with E-state index in [0.29, 0.717) is 17.5 Å². The number of anilines is 1. The Hall–Kier alpha value is -1.50. The fraction of sp³-hybridized carbons (Fsp3) is 0.636. The zero-order valence-corrected chi connectivity index (χ0v) is 9.74. The summed E-state index contributed by atoms with van der Waals surface area (Å²) in [7, 11) is 0. The van der Waals surface area contributed by atoms with E-state index >= 15 is 0 Å². The molecule has 0 unspecified atom stereocenters. The van der Waals surface area contributed by atoms with Gasteiger partial charge in [-0.15, -0.1) is 0 Å². The fourth-order valence-corrected chi connectivity index (χ4v) is 1.37. The van der Waals surface area contributed by atoms with Gasteiger partial charge in [0, 0.05) is 19.0 Å². The van der Waals surface area contributed by atoms with Crippen LogP contribution in [0.1, 0.15) is 45.2 Å². The largest absolute Gasteiger partial charge is 0.423 e. The second-order valence-corrected chi connectivity index (χ2v) is 3.64. The van der Waals surface area contributed by atoms with E-state index in [9.17, 15) is 0 Å². The van der Waals surface area contributed by atoms with Crippen LogP contribution in [0.2, 0.25) is 0 Å². The molecule has 0 amide bonds. The molecule has 0 aliphatic rings. The van der Waals surface area contributed by atoms with Crippen LogP contribution in [0.4, 0.5) is 5.88 Å². The quantitative estimate of drug-likeness (QED) is 0.761. The maximum Gasteiger partial charge on any atom is 0.234 e. The van der Waals surface area contributed by atoms with Gasteiger partial charge in [-0.25, -0.2) is 4.98 Å². The molecule has 0 atom stereocenters. The molecule has 4 nitrogen and oxygen atoms in total. The molecule has 0 fully saturated rings. The molecule has 1 heterocycles. The molecule has 0 N–H and O–H groups in total. The lowest BCUT2D eigenvalue weighted by molar-refractivity contribution is 0.466. The first-order valence-electron chi connectivity index (χ1n) is 5.29. The molecular formula is C11H17N3O. The maximum atomic E-state index is 8.95. The molecule has 4 heteroatoms. The minimum Gasteiger partial charge on any atom is -0.423 e. The Morgan fingerprint density at radius 3 is 2.40 bits per heavy atom. The minimum atomic E-state index is 0.210. The van der Waals surface area contributed by atoms with Crippen LogP contribution in [0.3, 0.4) is 0 Å². The summed E-state index contributed by atoms with van der Waals surface area (Å²) in [4.78, 5) is 6.17. The number of rotatable bonds is 4. The van der Waals surface area contributed by atoms with Crippen LogP contribution in [-0.4, -0.2) is 18.1 Å². The van der Waals surface area contributed by atoms with E-state index in [1.165, 1.54) is 0 Å². The van der Waals surface area contributed by atoms with Crippen LogP contribution >= 0.6 is 0 Å². The Kier molecular flexibility index (Phi) is 3.73. The van der Waals surface area contributed by atoms with Crippen molar-refractivity contribution in [1.82, 2.24) is 4.98 Å². The highest BCUT2D eigenvalue weighted by Crippen LogP contribution is 2.25. The van der Waals surface area contributed by atoms with Gasteiger partial charge in [-0.05, 0) is 13.8 Å². The molecule has 0 radical (unpaired) electrons. The number of hydrogen-bond acceptors (Lipinski definition) is 4. The fourth-order valence-electron chi connectivity index (χ4n) is 1.37. The van der Waals surface area contributed by atoms with Crippen molar-refractivity contribution < 1.29 is 4.42 Å². The molecular weight excluding hydrogens is 190 g/mol. The Bertz CT molecular complexity index is 358. The zero-order chi connectivity index (χ0) is 11.4. The summed E-state index contributed by atoms with van der Waals surface area (Å²) < 4.78 is 5.60. The lowest BCUT2D eigenvalue weighted by Crippen LogP contribution is -2.22. The topological polar surface area (TPSA) is 53.1 Å². The summed E-state index contributed by atoms with van der Waals surface area (Å²) >= 11 is 0. The highest BCUT2D eigenvalue weighted by Gasteiger charge is 2.18. The van der Waals surface area contributed by atoms with E-state index in [1.807, 2.05) is 32.6 Å². The maximum absolute atomic E-state index is 8.95. The van der Waals surface area contributed by atoms with Gasteiger partial charge in [0.1, 0.15) is 6.07 Å².